The topological polar surface area (TPSA) is 29.9 Å². The molecule has 3 nitrogen and oxygen atoms in total. The standard InChI is InChI=1S/C14H27N3/c1-5-11-17-12-10-15-13(17)8-6-7-9-16-14(2,3)4/h10,12,16H,5-9,11H2,1-4H3. The SMILES string of the molecule is CCCn1ccnc1CCCCNC(C)(C)C. The Morgan fingerprint density at radius 3 is 2.71 bits per heavy atom. The molecule has 0 amide bonds. The van der Waals surface area contributed by atoms with E-state index in [-0.39, 0.29) is 5.54 Å². The molecule has 17 heavy (non-hydrogen) atoms. The molecule has 0 radical (unpaired) electrons. The zero-order valence-electron chi connectivity index (χ0n) is 11.8. The van der Waals surface area contributed by atoms with Crippen molar-refractivity contribution in [1.82, 2.24) is 14.9 Å². The Kier molecular flexibility index (Phi) is 5.69. The minimum atomic E-state index is 0.237. The van der Waals surface area contributed by atoms with Gasteiger partial charge in [0.2, 0.25) is 0 Å². The van der Waals surface area contributed by atoms with Crippen molar-refractivity contribution in [3.05, 3.63) is 18.2 Å². The minimum Gasteiger partial charge on any atom is -0.335 e. The predicted octanol–water partition coefficient (Wildman–Crippen LogP) is 3.00. The monoisotopic (exact) mass is 237 g/mol. The lowest BCUT2D eigenvalue weighted by molar-refractivity contribution is 0.418. The molecule has 0 fully saturated rings. The first-order valence-corrected chi connectivity index (χ1v) is 6.78. The number of hydrogen-bond acceptors (Lipinski definition) is 2. The largest absolute Gasteiger partial charge is 0.335 e. The van der Waals surface area contributed by atoms with Crippen molar-refractivity contribution in [2.75, 3.05) is 6.54 Å². The molecule has 0 aliphatic rings. The van der Waals surface area contributed by atoms with Crippen LogP contribution < -0.4 is 5.32 Å². The summed E-state index contributed by atoms with van der Waals surface area (Å²) in [5.41, 5.74) is 0.237. The second kappa shape index (κ2) is 6.80. The van der Waals surface area contributed by atoms with Gasteiger partial charge in [0.25, 0.3) is 0 Å². The molecular formula is C14H27N3. The second-order valence-corrected chi connectivity index (χ2v) is 5.67. The maximum Gasteiger partial charge on any atom is 0.108 e. The van der Waals surface area contributed by atoms with Gasteiger partial charge in [-0.3, -0.25) is 0 Å². The Morgan fingerprint density at radius 2 is 2.06 bits per heavy atom. The number of rotatable bonds is 7. The lowest BCUT2D eigenvalue weighted by Gasteiger charge is -2.20. The summed E-state index contributed by atoms with van der Waals surface area (Å²) in [7, 11) is 0. The highest BCUT2D eigenvalue weighted by Gasteiger charge is 2.07. The van der Waals surface area contributed by atoms with Gasteiger partial charge in [-0.2, -0.15) is 0 Å². The van der Waals surface area contributed by atoms with Crippen LogP contribution in [0.5, 0.6) is 0 Å². The molecule has 0 aliphatic heterocycles. The molecule has 0 atom stereocenters. The predicted molar refractivity (Wildman–Crippen MR) is 73.2 cm³/mol. The fraction of sp³-hybridized carbons (Fsp3) is 0.786. The van der Waals surface area contributed by atoms with E-state index >= 15 is 0 Å². The normalized spacial score (nSPS) is 12.0. The molecular weight excluding hydrogens is 210 g/mol. The molecule has 1 rings (SSSR count). The summed E-state index contributed by atoms with van der Waals surface area (Å²) in [6, 6.07) is 0. The van der Waals surface area contributed by atoms with Crippen LogP contribution in [0.1, 0.15) is 52.8 Å². The minimum absolute atomic E-state index is 0.237. The van der Waals surface area contributed by atoms with Crippen LogP contribution in [0.2, 0.25) is 0 Å². The molecule has 98 valence electrons. The molecule has 0 unspecified atom stereocenters. The van der Waals surface area contributed by atoms with Gasteiger partial charge in [0.1, 0.15) is 5.82 Å². The van der Waals surface area contributed by atoms with Crippen LogP contribution in [0.4, 0.5) is 0 Å². The van der Waals surface area contributed by atoms with Crippen molar-refractivity contribution in [1.29, 1.82) is 0 Å². The summed E-state index contributed by atoms with van der Waals surface area (Å²) >= 11 is 0. The van der Waals surface area contributed by atoms with Gasteiger partial charge in [0, 0.05) is 30.9 Å². The summed E-state index contributed by atoms with van der Waals surface area (Å²) in [6.45, 7) is 11.0. The van der Waals surface area contributed by atoms with Crippen LogP contribution in [0, 0.1) is 0 Å². The van der Waals surface area contributed by atoms with Gasteiger partial charge >= 0.3 is 0 Å². The van der Waals surface area contributed by atoms with Crippen molar-refractivity contribution < 1.29 is 0 Å². The Balaban J connectivity index is 2.20. The summed E-state index contributed by atoms with van der Waals surface area (Å²) < 4.78 is 2.27. The second-order valence-electron chi connectivity index (χ2n) is 5.67. The van der Waals surface area contributed by atoms with Crippen molar-refractivity contribution in [2.45, 2.75) is 65.5 Å². The molecule has 0 spiro atoms. The maximum absolute atomic E-state index is 4.42. The van der Waals surface area contributed by atoms with E-state index < -0.39 is 0 Å². The van der Waals surface area contributed by atoms with Crippen molar-refractivity contribution >= 4 is 0 Å². The average molecular weight is 237 g/mol. The van der Waals surface area contributed by atoms with E-state index in [1.165, 1.54) is 25.1 Å². The molecule has 0 saturated carbocycles. The van der Waals surface area contributed by atoms with Crippen LogP contribution >= 0.6 is 0 Å². The third-order valence-electron chi connectivity index (χ3n) is 2.75. The molecule has 0 aliphatic carbocycles. The molecule has 1 aromatic rings. The lowest BCUT2D eigenvalue weighted by Crippen LogP contribution is -2.36. The Labute approximate surface area is 106 Å². The van der Waals surface area contributed by atoms with E-state index in [2.05, 4.69) is 48.8 Å². The van der Waals surface area contributed by atoms with Crippen molar-refractivity contribution in [2.24, 2.45) is 0 Å². The van der Waals surface area contributed by atoms with Crippen LogP contribution in [0.3, 0.4) is 0 Å². The molecule has 0 bridgehead atoms. The van der Waals surface area contributed by atoms with Crippen molar-refractivity contribution in [3.8, 4) is 0 Å². The highest BCUT2D eigenvalue weighted by molar-refractivity contribution is 4.92. The lowest BCUT2D eigenvalue weighted by atomic mass is 10.1. The average Bonchev–Trinajstić information content (AvgIpc) is 2.64. The van der Waals surface area contributed by atoms with Gasteiger partial charge in [-0.15, -0.1) is 0 Å². The molecule has 0 saturated heterocycles. The van der Waals surface area contributed by atoms with E-state index in [4.69, 9.17) is 0 Å². The smallest absolute Gasteiger partial charge is 0.108 e. The van der Waals surface area contributed by atoms with E-state index in [1.54, 1.807) is 0 Å². The van der Waals surface area contributed by atoms with Crippen LogP contribution in [-0.2, 0) is 13.0 Å². The first-order chi connectivity index (χ1) is 8.03. The number of aryl methyl sites for hydroxylation is 2. The number of hydrogen-bond donors (Lipinski definition) is 1. The fourth-order valence-corrected chi connectivity index (χ4v) is 1.88. The number of unbranched alkanes of at least 4 members (excludes halogenated alkanes) is 1. The van der Waals surface area contributed by atoms with E-state index in [0.717, 1.165) is 19.5 Å². The summed E-state index contributed by atoms with van der Waals surface area (Å²) in [5, 5.41) is 3.51. The van der Waals surface area contributed by atoms with E-state index in [0.29, 0.717) is 0 Å². The number of imidazole rings is 1. The number of aromatic nitrogens is 2. The van der Waals surface area contributed by atoms with Gasteiger partial charge in [-0.1, -0.05) is 6.92 Å². The molecule has 0 aromatic carbocycles. The maximum atomic E-state index is 4.42. The third kappa shape index (κ3) is 5.87. The quantitative estimate of drug-likeness (QED) is 0.739. The van der Waals surface area contributed by atoms with Gasteiger partial charge in [-0.25, -0.2) is 4.98 Å². The van der Waals surface area contributed by atoms with Crippen LogP contribution in [0.25, 0.3) is 0 Å². The molecule has 1 aromatic heterocycles. The van der Waals surface area contributed by atoms with E-state index in [9.17, 15) is 0 Å². The van der Waals surface area contributed by atoms with Crippen LogP contribution in [0.15, 0.2) is 12.4 Å². The van der Waals surface area contributed by atoms with Gasteiger partial charge < -0.3 is 9.88 Å². The third-order valence-corrected chi connectivity index (χ3v) is 2.75. The first kappa shape index (κ1) is 14.2. The van der Waals surface area contributed by atoms with Crippen LogP contribution in [-0.4, -0.2) is 21.6 Å². The summed E-state index contributed by atoms with van der Waals surface area (Å²) in [5.74, 6) is 1.24. The van der Waals surface area contributed by atoms with Gasteiger partial charge in [0.05, 0.1) is 0 Å². The molecule has 3 heteroatoms. The highest BCUT2D eigenvalue weighted by atomic mass is 15.1. The Morgan fingerprint density at radius 1 is 1.29 bits per heavy atom. The van der Waals surface area contributed by atoms with Crippen molar-refractivity contribution in [3.63, 3.8) is 0 Å². The highest BCUT2D eigenvalue weighted by Crippen LogP contribution is 2.05. The molecule has 1 heterocycles. The molecule has 1 N–H and O–H groups in total. The number of nitrogens with zero attached hydrogens (tertiary/aromatic N) is 2. The Hall–Kier alpha value is -0.830. The van der Waals surface area contributed by atoms with Gasteiger partial charge in [0.15, 0.2) is 0 Å². The summed E-state index contributed by atoms with van der Waals surface area (Å²) in [6.07, 6.45) is 8.71. The first-order valence-electron chi connectivity index (χ1n) is 6.78. The number of nitrogens with one attached hydrogen (secondary N) is 1. The Bertz CT molecular complexity index is 310. The zero-order valence-corrected chi connectivity index (χ0v) is 11.8. The fourth-order valence-electron chi connectivity index (χ4n) is 1.88. The summed E-state index contributed by atoms with van der Waals surface area (Å²) in [4.78, 5) is 4.42. The van der Waals surface area contributed by atoms with Gasteiger partial charge in [-0.05, 0) is 46.6 Å². The van der Waals surface area contributed by atoms with E-state index in [1.807, 2.05) is 6.20 Å². The zero-order chi connectivity index (χ0) is 12.7.